The zero-order valence-electron chi connectivity index (χ0n) is 23.7. The van der Waals surface area contributed by atoms with E-state index < -0.39 is 0 Å². The molecule has 41 heavy (non-hydrogen) atoms. The van der Waals surface area contributed by atoms with Crippen molar-refractivity contribution >= 4 is 27.8 Å². The Balaban J connectivity index is 1.29. The molecular weight excluding hydrogens is 514 g/mol. The Morgan fingerprint density at radius 2 is 1.98 bits per heavy atom. The lowest BCUT2D eigenvalue weighted by Crippen LogP contribution is -2.41. The Morgan fingerprint density at radius 3 is 2.66 bits per heavy atom. The minimum Gasteiger partial charge on any atom is -0.494 e. The maximum atomic E-state index is 13.7. The second kappa shape index (κ2) is 8.94. The smallest absolute Gasteiger partial charge is 0.254 e. The minimum atomic E-state index is 0.0168. The van der Waals surface area contributed by atoms with Gasteiger partial charge in [0.05, 0.1) is 30.0 Å². The first-order valence-corrected chi connectivity index (χ1v) is 14.7. The SMILES string of the molecule is COc1cc(C(=O)N2C[C@H]3CC[C@@H]2[C@@H]3N)cc2nc(-c3cc4cc(C)cc(-c5cn[nH]c5)c4n3CC3CC3)n(C)c12. The van der Waals surface area contributed by atoms with Gasteiger partial charge in [-0.15, -0.1) is 0 Å². The summed E-state index contributed by atoms with van der Waals surface area (Å²) in [5.41, 5.74) is 14.4. The van der Waals surface area contributed by atoms with Gasteiger partial charge in [-0.1, -0.05) is 0 Å². The molecule has 1 amide bonds. The van der Waals surface area contributed by atoms with E-state index in [1.165, 1.54) is 34.9 Å². The number of carbonyl (C=O) groups is 1. The van der Waals surface area contributed by atoms with Crippen molar-refractivity contribution in [2.24, 2.45) is 24.6 Å². The fraction of sp³-hybridized carbons (Fsp3) is 0.406. The fourth-order valence-corrected chi connectivity index (χ4v) is 7.38. The van der Waals surface area contributed by atoms with Gasteiger partial charge in [-0.3, -0.25) is 9.89 Å². The Bertz CT molecular complexity index is 1830. The normalized spacial score (nSPS) is 22.0. The van der Waals surface area contributed by atoms with Gasteiger partial charge < -0.3 is 24.5 Å². The molecule has 4 heterocycles. The van der Waals surface area contributed by atoms with Crippen LogP contribution in [0.25, 0.3) is 44.6 Å². The van der Waals surface area contributed by atoms with E-state index in [-0.39, 0.29) is 18.0 Å². The van der Waals surface area contributed by atoms with E-state index in [0.717, 1.165) is 54.0 Å². The van der Waals surface area contributed by atoms with Crippen LogP contribution in [-0.4, -0.2) is 60.9 Å². The predicted octanol–water partition coefficient (Wildman–Crippen LogP) is 4.87. The van der Waals surface area contributed by atoms with E-state index in [1.807, 2.05) is 36.5 Å². The van der Waals surface area contributed by atoms with Gasteiger partial charge >= 0.3 is 0 Å². The Labute approximate surface area is 238 Å². The molecule has 1 saturated heterocycles. The molecule has 210 valence electrons. The zero-order valence-corrected chi connectivity index (χ0v) is 23.7. The number of piperidine rings is 1. The highest BCUT2D eigenvalue weighted by molar-refractivity contribution is 6.01. The summed E-state index contributed by atoms with van der Waals surface area (Å²) in [7, 11) is 3.70. The largest absolute Gasteiger partial charge is 0.494 e. The van der Waals surface area contributed by atoms with Gasteiger partial charge in [-0.2, -0.15) is 5.10 Å². The number of methoxy groups -OCH3 is 1. The number of aromatic amines is 1. The van der Waals surface area contributed by atoms with Gasteiger partial charge in [0.2, 0.25) is 0 Å². The van der Waals surface area contributed by atoms with Crippen LogP contribution < -0.4 is 10.5 Å². The second-order valence-corrected chi connectivity index (χ2v) is 12.3. The molecule has 3 atom stereocenters. The minimum absolute atomic E-state index is 0.0168. The fourth-order valence-electron chi connectivity index (χ4n) is 7.38. The second-order valence-electron chi connectivity index (χ2n) is 12.3. The van der Waals surface area contributed by atoms with Crippen molar-refractivity contribution in [3.05, 3.63) is 53.9 Å². The third kappa shape index (κ3) is 3.75. The first kappa shape index (κ1) is 24.7. The van der Waals surface area contributed by atoms with Crippen LogP contribution in [-0.2, 0) is 13.6 Å². The van der Waals surface area contributed by atoms with Crippen molar-refractivity contribution in [2.45, 2.75) is 51.2 Å². The van der Waals surface area contributed by atoms with Gasteiger partial charge in [0.25, 0.3) is 5.91 Å². The molecule has 2 aliphatic carbocycles. The van der Waals surface area contributed by atoms with Crippen LogP contribution in [0.3, 0.4) is 0 Å². The average Bonchev–Trinajstić information content (AvgIpc) is 3.34. The Hall–Kier alpha value is -4.11. The van der Waals surface area contributed by atoms with Crippen molar-refractivity contribution in [1.82, 2.24) is 29.2 Å². The zero-order chi connectivity index (χ0) is 28.0. The highest BCUT2D eigenvalue weighted by Gasteiger charge is 2.47. The first-order chi connectivity index (χ1) is 19.9. The van der Waals surface area contributed by atoms with E-state index in [2.05, 4.69) is 44.5 Å². The number of aromatic nitrogens is 5. The number of amides is 1. The molecule has 3 N–H and O–H groups in total. The number of carbonyl (C=O) groups excluding carboxylic acids is 1. The molecule has 5 aromatic rings. The first-order valence-electron chi connectivity index (χ1n) is 14.7. The van der Waals surface area contributed by atoms with Crippen molar-refractivity contribution in [3.63, 3.8) is 0 Å². The van der Waals surface area contributed by atoms with E-state index in [1.54, 1.807) is 7.11 Å². The highest BCUT2D eigenvalue weighted by Crippen LogP contribution is 2.42. The summed E-state index contributed by atoms with van der Waals surface area (Å²) in [6.07, 6.45) is 8.43. The number of H-pyrrole nitrogens is 1. The lowest BCUT2D eigenvalue weighted by molar-refractivity contribution is 0.0700. The number of aryl methyl sites for hydroxylation is 2. The summed E-state index contributed by atoms with van der Waals surface area (Å²) >= 11 is 0. The number of hydrogen-bond donors (Lipinski definition) is 2. The van der Waals surface area contributed by atoms with E-state index in [9.17, 15) is 4.79 Å². The van der Waals surface area contributed by atoms with Gasteiger partial charge in [0, 0.05) is 60.5 Å². The topological polar surface area (TPSA) is 107 Å². The van der Waals surface area contributed by atoms with E-state index in [4.69, 9.17) is 15.5 Å². The third-order valence-corrected chi connectivity index (χ3v) is 9.63. The van der Waals surface area contributed by atoms with Gasteiger partial charge in [-0.05, 0) is 80.3 Å². The van der Waals surface area contributed by atoms with Crippen molar-refractivity contribution in [3.8, 4) is 28.4 Å². The van der Waals surface area contributed by atoms with Crippen LogP contribution >= 0.6 is 0 Å². The summed E-state index contributed by atoms with van der Waals surface area (Å²) in [5, 5.41) is 8.40. The number of imidazole rings is 1. The van der Waals surface area contributed by atoms with Crippen LogP contribution in [0.4, 0.5) is 0 Å². The van der Waals surface area contributed by atoms with Crippen LogP contribution in [0, 0.1) is 18.8 Å². The van der Waals surface area contributed by atoms with Crippen molar-refractivity contribution < 1.29 is 9.53 Å². The number of likely N-dealkylation sites (tertiary alicyclic amines) is 1. The number of fused-ring (bicyclic) bond motifs is 4. The van der Waals surface area contributed by atoms with Crippen LogP contribution in [0.5, 0.6) is 5.75 Å². The summed E-state index contributed by atoms with van der Waals surface area (Å²) in [6, 6.07) is 10.8. The summed E-state index contributed by atoms with van der Waals surface area (Å²) < 4.78 is 10.4. The van der Waals surface area contributed by atoms with Gasteiger partial charge in [0.15, 0.2) is 5.82 Å². The van der Waals surface area contributed by atoms with E-state index >= 15 is 0 Å². The molecule has 3 aromatic heterocycles. The summed E-state index contributed by atoms with van der Waals surface area (Å²) in [5.74, 6) is 2.60. The standard InChI is InChI=1S/C32H35N7O2/c1-17-8-20-11-26(38(15-18-4-5-18)29(20)23(9-17)22-13-34-35-14-22)31-36-24-10-21(12-27(41-3)30(24)37(31)2)32(40)39-16-19-6-7-25(39)28(19)33/h8-14,18-19,25,28H,4-7,15-16,33H2,1-3H3,(H,34,35)/t19-,25-,28-/m1/s1. The molecule has 0 spiro atoms. The number of nitrogens with one attached hydrogen (secondary N) is 1. The van der Waals surface area contributed by atoms with Crippen LogP contribution in [0.15, 0.2) is 42.7 Å². The molecule has 2 aromatic carbocycles. The van der Waals surface area contributed by atoms with Crippen LogP contribution in [0.2, 0.25) is 0 Å². The molecule has 0 unspecified atom stereocenters. The maximum Gasteiger partial charge on any atom is 0.254 e. The number of nitrogens with zero attached hydrogens (tertiary/aromatic N) is 5. The number of benzene rings is 2. The Kier molecular flexibility index (Phi) is 5.38. The number of nitrogens with two attached hydrogens (primary N) is 1. The average molecular weight is 550 g/mol. The summed E-state index contributed by atoms with van der Waals surface area (Å²) in [6.45, 7) is 3.81. The molecule has 9 nitrogen and oxygen atoms in total. The Morgan fingerprint density at radius 1 is 1.12 bits per heavy atom. The van der Waals surface area contributed by atoms with Crippen LogP contribution in [0.1, 0.15) is 41.6 Å². The van der Waals surface area contributed by atoms with E-state index in [0.29, 0.717) is 23.1 Å². The maximum absolute atomic E-state index is 13.7. The lowest BCUT2D eigenvalue weighted by Gasteiger charge is -2.27. The van der Waals surface area contributed by atoms with Gasteiger partial charge in [-0.25, -0.2) is 4.98 Å². The molecular formula is C32H35N7O2. The number of rotatable bonds is 6. The molecule has 3 fully saturated rings. The molecule has 0 radical (unpaired) electrons. The molecule has 8 rings (SSSR count). The molecule has 1 aliphatic heterocycles. The summed E-state index contributed by atoms with van der Waals surface area (Å²) in [4.78, 5) is 20.8. The molecule has 2 saturated carbocycles. The molecule has 3 aliphatic rings. The molecule has 2 bridgehead atoms. The van der Waals surface area contributed by atoms with Crippen molar-refractivity contribution in [2.75, 3.05) is 13.7 Å². The lowest BCUT2D eigenvalue weighted by atomic mass is 10.0. The third-order valence-electron chi connectivity index (χ3n) is 9.63. The van der Waals surface area contributed by atoms with Gasteiger partial charge in [0.1, 0.15) is 11.3 Å². The number of hydrogen-bond acceptors (Lipinski definition) is 5. The highest BCUT2D eigenvalue weighted by atomic mass is 16.5. The predicted molar refractivity (Wildman–Crippen MR) is 159 cm³/mol. The monoisotopic (exact) mass is 549 g/mol. The van der Waals surface area contributed by atoms with Crippen molar-refractivity contribution in [1.29, 1.82) is 0 Å². The molecule has 9 heteroatoms. The number of ether oxygens (including phenoxy) is 1. The quantitative estimate of drug-likeness (QED) is 0.314.